The molecular weight excluding hydrogens is 242 g/mol. The van der Waals surface area contributed by atoms with Gasteiger partial charge in [0.1, 0.15) is 11.5 Å². The summed E-state index contributed by atoms with van der Waals surface area (Å²) >= 11 is 0. The molecule has 0 saturated heterocycles. The monoisotopic (exact) mass is 255 g/mol. The van der Waals surface area contributed by atoms with Crippen LogP contribution in [0.2, 0.25) is 0 Å². The molecule has 0 radical (unpaired) electrons. The first-order valence-corrected chi connectivity index (χ1v) is 6.04. The van der Waals surface area contributed by atoms with Gasteiger partial charge >= 0.3 is 0 Å². The highest BCUT2D eigenvalue weighted by molar-refractivity contribution is 6.11. The summed E-state index contributed by atoms with van der Waals surface area (Å²) in [5.41, 5.74) is 5.13. The molecule has 19 heavy (non-hydrogen) atoms. The van der Waals surface area contributed by atoms with Crippen LogP contribution in [0.15, 0.2) is 41.8 Å². The highest BCUT2D eigenvalue weighted by Crippen LogP contribution is 2.14. The van der Waals surface area contributed by atoms with Gasteiger partial charge in [0.2, 0.25) is 0 Å². The maximum absolute atomic E-state index is 11.8. The first kappa shape index (κ1) is 11.5. The molecule has 1 aliphatic rings. The van der Waals surface area contributed by atoms with Crippen molar-refractivity contribution in [1.82, 2.24) is 15.3 Å². The Labute approximate surface area is 109 Å². The van der Waals surface area contributed by atoms with Crippen LogP contribution in [0.5, 0.6) is 0 Å². The maximum atomic E-state index is 11.8. The lowest BCUT2D eigenvalue weighted by Gasteiger charge is -2.03. The molecule has 0 aliphatic carbocycles. The number of anilines is 1. The molecule has 6 heteroatoms. The second kappa shape index (κ2) is 4.93. The van der Waals surface area contributed by atoms with E-state index in [4.69, 9.17) is 0 Å². The lowest BCUT2D eigenvalue weighted by atomic mass is 10.1. The number of nitrogens with one attached hydrogen (secondary N) is 3. The smallest absolute Gasteiger partial charge is 0.268 e. The van der Waals surface area contributed by atoms with Crippen LogP contribution in [0.25, 0.3) is 0 Å². The van der Waals surface area contributed by atoms with E-state index >= 15 is 0 Å². The van der Waals surface area contributed by atoms with Crippen LogP contribution in [0.3, 0.4) is 0 Å². The van der Waals surface area contributed by atoms with Gasteiger partial charge in [-0.1, -0.05) is 6.07 Å². The molecule has 6 nitrogen and oxygen atoms in total. The largest absolute Gasteiger partial charge is 0.357 e. The molecule has 1 amide bonds. The molecule has 0 atom stereocenters. The van der Waals surface area contributed by atoms with Crippen molar-refractivity contribution in [3.8, 4) is 0 Å². The topological polar surface area (TPSA) is 82.2 Å². The standard InChI is InChI=1S/C13H13N5O/c19-13-12-9(4-7-15-12)10(5-8-16-13)17-18-11-3-1-2-6-14-11/h1-4,6-7,15H,5,8H2,(H,14,18)(H,16,19). The molecule has 0 saturated carbocycles. The van der Waals surface area contributed by atoms with Crippen LogP contribution in [-0.2, 0) is 0 Å². The second-order valence-corrected chi connectivity index (χ2v) is 4.16. The van der Waals surface area contributed by atoms with Gasteiger partial charge in [0.25, 0.3) is 5.91 Å². The molecule has 0 fully saturated rings. The van der Waals surface area contributed by atoms with Crippen molar-refractivity contribution in [3.63, 3.8) is 0 Å². The van der Waals surface area contributed by atoms with Gasteiger partial charge in [-0.2, -0.15) is 5.10 Å². The molecule has 3 heterocycles. The van der Waals surface area contributed by atoms with Crippen LogP contribution in [0, 0.1) is 0 Å². The fraction of sp³-hybridized carbons (Fsp3) is 0.154. The van der Waals surface area contributed by atoms with E-state index in [1.54, 1.807) is 12.4 Å². The molecule has 3 rings (SSSR count). The van der Waals surface area contributed by atoms with E-state index in [9.17, 15) is 4.79 Å². The van der Waals surface area contributed by atoms with E-state index in [-0.39, 0.29) is 5.91 Å². The summed E-state index contributed by atoms with van der Waals surface area (Å²) in [5, 5.41) is 7.17. The first-order chi connectivity index (χ1) is 9.34. The lowest BCUT2D eigenvalue weighted by molar-refractivity contribution is 0.0952. The minimum absolute atomic E-state index is 0.0944. The number of hydrogen-bond acceptors (Lipinski definition) is 4. The quantitative estimate of drug-likeness (QED) is 0.709. The number of carbonyl (C=O) groups excluding carboxylic acids is 1. The third-order valence-corrected chi connectivity index (χ3v) is 2.90. The Balaban J connectivity index is 1.89. The first-order valence-electron chi connectivity index (χ1n) is 6.04. The zero-order valence-electron chi connectivity index (χ0n) is 10.2. The predicted octanol–water partition coefficient (Wildman–Crippen LogP) is 1.36. The summed E-state index contributed by atoms with van der Waals surface area (Å²) in [6.07, 6.45) is 4.12. The number of aromatic nitrogens is 2. The van der Waals surface area contributed by atoms with Crippen LogP contribution < -0.4 is 10.7 Å². The number of fused-ring (bicyclic) bond motifs is 1. The van der Waals surface area contributed by atoms with Crippen molar-refractivity contribution in [2.45, 2.75) is 6.42 Å². The number of hydrazone groups is 1. The van der Waals surface area contributed by atoms with E-state index in [0.29, 0.717) is 24.5 Å². The predicted molar refractivity (Wildman–Crippen MR) is 72.1 cm³/mol. The zero-order valence-corrected chi connectivity index (χ0v) is 10.2. The molecule has 0 spiro atoms. The molecular formula is C13H13N5O. The van der Waals surface area contributed by atoms with Crippen molar-refractivity contribution < 1.29 is 4.79 Å². The summed E-state index contributed by atoms with van der Waals surface area (Å²) in [5.74, 6) is 0.582. The molecule has 0 bridgehead atoms. The SMILES string of the molecule is O=C1NCCC(=NNc2ccccn2)c2cc[nH]c21. The van der Waals surface area contributed by atoms with Gasteiger partial charge in [-0.25, -0.2) is 4.98 Å². The third kappa shape index (κ3) is 2.33. The number of aromatic amines is 1. The minimum atomic E-state index is -0.0944. The maximum Gasteiger partial charge on any atom is 0.268 e. The van der Waals surface area contributed by atoms with E-state index in [1.807, 2.05) is 24.3 Å². The molecule has 0 unspecified atom stereocenters. The van der Waals surface area contributed by atoms with Crippen LogP contribution in [0.1, 0.15) is 22.5 Å². The molecule has 1 aliphatic heterocycles. The Morgan fingerprint density at radius 3 is 3.11 bits per heavy atom. The van der Waals surface area contributed by atoms with E-state index < -0.39 is 0 Å². The molecule has 2 aromatic heterocycles. The number of amides is 1. The van der Waals surface area contributed by atoms with Gasteiger partial charge in [0.05, 0.1) is 5.71 Å². The van der Waals surface area contributed by atoms with Crippen molar-refractivity contribution in [2.75, 3.05) is 12.0 Å². The van der Waals surface area contributed by atoms with Gasteiger partial charge in [-0.15, -0.1) is 0 Å². The summed E-state index contributed by atoms with van der Waals surface area (Å²) in [7, 11) is 0. The Kier molecular flexibility index (Phi) is 2.97. The number of hydrogen-bond donors (Lipinski definition) is 3. The molecule has 0 aromatic carbocycles. The molecule has 2 aromatic rings. The zero-order chi connectivity index (χ0) is 13.1. The summed E-state index contributed by atoms with van der Waals surface area (Å²) in [4.78, 5) is 18.8. The number of pyridine rings is 1. The Morgan fingerprint density at radius 2 is 2.26 bits per heavy atom. The lowest BCUT2D eigenvalue weighted by Crippen LogP contribution is -2.23. The average Bonchev–Trinajstić information content (AvgIpc) is 2.87. The van der Waals surface area contributed by atoms with Gasteiger partial charge in [0, 0.05) is 30.9 Å². The fourth-order valence-electron chi connectivity index (χ4n) is 1.99. The second-order valence-electron chi connectivity index (χ2n) is 4.16. The Hall–Kier alpha value is -2.63. The number of carbonyl (C=O) groups is 1. The fourth-order valence-corrected chi connectivity index (χ4v) is 1.99. The Bertz CT molecular complexity index is 617. The van der Waals surface area contributed by atoms with Crippen molar-refractivity contribution in [2.24, 2.45) is 5.10 Å². The highest BCUT2D eigenvalue weighted by Gasteiger charge is 2.20. The highest BCUT2D eigenvalue weighted by atomic mass is 16.1. The van der Waals surface area contributed by atoms with Gasteiger partial charge in [-0.3, -0.25) is 10.2 Å². The normalized spacial score (nSPS) is 16.6. The van der Waals surface area contributed by atoms with Gasteiger partial charge < -0.3 is 10.3 Å². The van der Waals surface area contributed by atoms with E-state index in [1.165, 1.54) is 0 Å². The van der Waals surface area contributed by atoms with Crippen LogP contribution >= 0.6 is 0 Å². The minimum Gasteiger partial charge on any atom is -0.357 e. The Morgan fingerprint density at radius 1 is 1.32 bits per heavy atom. The van der Waals surface area contributed by atoms with E-state index in [2.05, 4.69) is 25.8 Å². The third-order valence-electron chi connectivity index (χ3n) is 2.90. The van der Waals surface area contributed by atoms with Gasteiger partial charge in [-0.05, 0) is 18.2 Å². The van der Waals surface area contributed by atoms with E-state index in [0.717, 1.165) is 11.3 Å². The summed E-state index contributed by atoms with van der Waals surface area (Å²) in [6.45, 7) is 0.573. The summed E-state index contributed by atoms with van der Waals surface area (Å²) in [6, 6.07) is 7.42. The number of rotatable bonds is 2. The molecule has 3 N–H and O–H groups in total. The van der Waals surface area contributed by atoms with Crippen LogP contribution in [0.4, 0.5) is 5.82 Å². The average molecular weight is 255 g/mol. The number of nitrogens with zero attached hydrogens (tertiary/aromatic N) is 2. The summed E-state index contributed by atoms with van der Waals surface area (Å²) < 4.78 is 0. The number of H-pyrrole nitrogens is 1. The van der Waals surface area contributed by atoms with Crippen LogP contribution in [-0.4, -0.2) is 28.1 Å². The molecule has 96 valence electrons. The van der Waals surface area contributed by atoms with Crippen molar-refractivity contribution in [3.05, 3.63) is 47.9 Å². The van der Waals surface area contributed by atoms with Crippen molar-refractivity contribution >= 4 is 17.4 Å². The van der Waals surface area contributed by atoms with Gasteiger partial charge in [0.15, 0.2) is 0 Å². The van der Waals surface area contributed by atoms with Crippen molar-refractivity contribution in [1.29, 1.82) is 0 Å².